The fraction of sp³-hybridized carbons (Fsp3) is 0.375. The lowest BCUT2D eigenvalue weighted by Gasteiger charge is -2.31. The summed E-state index contributed by atoms with van der Waals surface area (Å²) in [4.78, 5) is 15.4. The van der Waals surface area contributed by atoms with E-state index in [1.807, 2.05) is 0 Å². The lowest BCUT2D eigenvalue weighted by molar-refractivity contribution is -0.137. The number of hydrogen-bond donors (Lipinski definition) is 2. The van der Waals surface area contributed by atoms with Crippen molar-refractivity contribution < 1.29 is 27.5 Å². The molecule has 0 radical (unpaired) electrons. The maximum absolute atomic E-state index is 13.1. The summed E-state index contributed by atoms with van der Waals surface area (Å²) in [6.07, 6.45) is -2.29. The molecule has 0 unspecified atom stereocenters. The molecule has 8 heteroatoms. The quantitative estimate of drug-likeness (QED) is 0.520. The topological polar surface area (TPSA) is 65.7 Å². The van der Waals surface area contributed by atoms with Crippen LogP contribution >= 0.6 is 0 Å². The van der Waals surface area contributed by atoms with Crippen molar-refractivity contribution in [3.05, 3.63) is 58.8 Å². The number of amides is 1. The highest BCUT2D eigenvalue weighted by Gasteiger charge is 2.31. The van der Waals surface area contributed by atoms with Gasteiger partial charge in [0.1, 0.15) is 17.1 Å². The molecule has 1 aliphatic heterocycles. The van der Waals surface area contributed by atoms with E-state index in [-0.39, 0.29) is 17.0 Å². The average Bonchev–Trinajstić information content (AvgIpc) is 3.06. The van der Waals surface area contributed by atoms with E-state index in [2.05, 4.69) is 17.1 Å². The molecule has 2 heterocycles. The minimum atomic E-state index is -4.51. The number of halogens is 3. The summed E-state index contributed by atoms with van der Waals surface area (Å²) < 4.78 is 44.9. The smallest absolute Gasteiger partial charge is 0.416 e. The second-order valence-electron chi connectivity index (χ2n) is 8.48. The number of phenolic OH excluding ortho intramolecular Hbond substituents is 1. The van der Waals surface area contributed by atoms with E-state index in [9.17, 15) is 23.1 Å². The maximum atomic E-state index is 13.1. The van der Waals surface area contributed by atoms with Crippen LogP contribution in [-0.2, 0) is 12.7 Å². The standard InChI is InChI=1S/C24H25F3N2O3/c1-14-5-4-10-29(12-14)13-18-19(30)8-9-20-22(18)21(15(2)32-20)23(31)28-17-7-3-6-16(11-17)24(25,26)27/h3,6-9,11,14,30H,4-5,10,12-13H2,1-2H3,(H,28,31)/t14-/m0/s1. The number of rotatable bonds is 4. The second-order valence-corrected chi connectivity index (χ2v) is 8.48. The van der Waals surface area contributed by atoms with Gasteiger partial charge in [0.15, 0.2) is 0 Å². The number of anilines is 1. The van der Waals surface area contributed by atoms with Crippen LogP contribution in [0.5, 0.6) is 5.75 Å². The van der Waals surface area contributed by atoms with Gasteiger partial charge in [-0.1, -0.05) is 13.0 Å². The fourth-order valence-corrected chi connectivity index (χ4v) is 4.42. The number of fused-ring (bicyclic) bond motifs is 1. The summed E-state index contributed by atoms with van der Waals surface area (Å²) >= 11 is 0. The lowest BCUT2D eigenvalue weighted by atomic mass is 9.98. The number of alkyl halides is 3. The van der Waals surface area contributed by atoms with Gasteiger partial charge in [-0.2, -0.15) is 13.2 Å². The van der Waals surface area contributed by atoms with E-state index in [1.165, 1.54) is 12.1 Å². The first-order valence-corrected chi connectivity index (χ1v) is 10.6. The van der Waals surface area contributed by atoms with Crippen LogP contribution in [0.2, 0.25) is 0 Å². The number of nitrogens with one attached hydrogen (secondary N) is 1. The SMILES string of the molecule is Cc1oc2ccc(O)c(CN3CCC[C@H](C)C3)c2c1C(=O)Nc1cccc(C(F)(F)F)c1. The van der Waals surface area contributed by atoms with E-state index in [1.54, 1.807) is 19.1 Å². The van der Waals surface area contributed by atoms with Crippen molar-refractivity contribution in [2.45, 2.75) is 39.4 Å². The van der Waals surface area contributed by atoms with Crippen molar-refractivity contribution in [3.8, 4) is 5.75 Å². The van der Waals surface area contributed by atoms with Crippen LogP contribution in [0.3, 0.4) is 0 Å². The highest BCUT2D eigenvalue weighted by Crippen LogP contribution is 2.36. The van der Waals surface area contributed by atoms with E-state index >= 15 is 0 Å². The van der Waals surface area contributed by atoms with Crippen LogP contribution in [0.25, 0.3) is 11.0 Å². The minimum Gasteiger partial charge on any atom is -0.508 e. The highest BCUT2D eigenvalue weighted by atomic mass is 19.4. The molecule has 1 amide bonds. The molecule has 1 saturated heterocycles. The summed E-state index contributed by atoms with van der Waals surface area (Å²) in [5.41, 5.74) is 0.442. The molecule has 1 aliphatic rings. The number of carbonyl (C=O) groups is 1. The van der Waals surface area contributed by atoms with Crippen molar-refractivity contribution >= 4 is 22.6 Å². The first-order chi connectivity index (χ1) is 15.1. The molecular formula is C24H25F3N2O3. The monoisotopic (exact) mass is 446 g/mol. The summed E-state index contributed by atoms with van der Waals surface area (Å²) in [6.45, 7) is 6.05. The van der Waals surface area contributed by atoms with Crippen molar-refractivity contribution in [1.29, 1.82) is 0 Å². The normalized spacial score (nSPS) is 17.6. The maximum Gasteiger partial charge on any atom is 0.416 e. The van der Waals surface area contributed by atoms with E-state index in [0.29, 0.717) is 34.8 Å². The first kappa shape index (κ1) is 22.2. The van der Waals surface area contributed by atoms with Crippen molar-refractivity contribution in [2.24, 2.45) is 5.92 Å². The van der Waals surface area contributed by atoms with E-state index in [0.717, 1.165) is 38.1 Å². The molecule has 170 valence electrons. The third-order valence-electron chi connectivity index (χ3n) is 5.91. The predicted octanol–water partition coefficient (Wildman–Crippen LogP) is 5.95. The third kappa shape index (κ3) is 4.46. The number of hydrogen-bond acceptors (Lipinski definition) is 4. The van der Waals surface area contributed by atoms with Gasteiger partial charge in [0.2, 0.25) is 0 Å². The van der Waals surface area contributed by atoms with Crippen molar-refractivity contribution in [1.82, 2.24) is 4.90 Å². The molecule has 0 spiro atoms. The molecule has 0 saturated carbocycles. The summed E-state index contributed by atoms with van der Waals surface area (Å²) in [7, 11) is 0. The number of likely N-dealkylation sites (tertiary alicyclic amines) is 1. The molecule has 3 aromatic rings. The molecule has 2 N–H and O–H groups in total. The van der Waals surface area contributed by atoms with E-state index < -0.39 is 17.6 Å². The Balaban J connectivity index is 1.70. The molecule has 1 aromatic heterocycles. The zero-order valence-electron chi connectivity index (χ0n) is 17.9. The highest BCUT2D eigenvalue weighted by molar-refractivity contribution is 6.14. The fourth-order valence-electron chi connectivity index (χ4n) is 4.42. The van der Waals surface area contributed by atoms with Crippen molar-refractivity contribution in [3.63, 3.8) is 0 Å². The molecule has 1 fully saturated rings. The van der Waals surface area contributed by atoms with Crippen LogP contribution in [0.4, 0.5) is 18.9 Å². The number of aryl methyl sites for hydroxylation is 1. The molecule has 5 nitrogen and oxygen atoms in total. The lowest BCUT2D eigenvalue weighted by Crippen LogP contribution is -2.33. The molecule has 32 heavy (non-hydrogen) atoms. The number of benzene rings is 2. The predicted molar refractivity (Wildman–Crippen MR) is 116 cm³/mol. The largest absolute Gasteiger partial charge is 0.508 e. The van der Waals surface area contributed by atoms with Gasteiger partial charge in [0.25, 0.3) is 5.91 Å². The number of piperidine rings is 1. The van der Waals surface area contributed by atoms with Gasteiger partial charge in [0.05, 0.1) is 11.1 Å². The Hall–Kier alpha value is -3.00. The van der Waals surface area contributed by atoms with Gasteiger partial charge in [-0.05, 0) is 62.6 Å². The zero-order valence-corrected chi connectivity index (χ0v) is 17.9. The summed E-state index contributed by atoms with van der Waals surface area (Å²) in [5.74, 6) is 0.354. The van der Waals surface area contributed by atoms with E-state index in [4.69, 9.17) is 4.42 Å². The van der Waals surface area contributed by atoms with Crippen LogP contribution < -0.4 is 5.32 Å². The molecule has 4 rings (SSSR count). The number of carbonyl (C=O) groups excluding carboxylic acids is 1. The molecule has 0 aliphatic carbocycles. The summed E-state index contributed by atoms with van der Waals surface area (Å²) in [5, 5.41) is 13.7. The van der Waals surface area contributed by atoms with Crippen LogP contribution in [0.1, 0.15) is 47.0 Å². The van der Waals surface area contributed by atoms with Crippen LogP contribution in [0.15, 0.2) is 40.8 Å². The minimum absolute atomic E-state index is 0.0325. The number of aromatic hydroxyl groups is 1. The Morgan fingerprint density at radius 3 is 2.78 bits per heavy atom. The Morgan fingerprint density at radius 1 is 1.28 bits per heavy atom. The number of furan rings is 1. The Morgan fingerprint density at radius 2 is 2.06 bits per heavy atom. The van der Waals surface area contributed by atoms with Gasteiger partial charge in [-0.15, -0.1) is 0 Å². The zero-order chi connectivity index (χ0) is 23.0. The molecular weight excluding hydrogens is 421 g/mol. The third-order valence-corrected chi connectivity index (χ3v) is 5.91. The Kier molecular flexibility index (Phi) is 5.90. The molecule has 2 aromatic carbocycles. The first-order valence-electron chi connectivity index (χ1n) is 10.6. The number of nitrogens with zero attached hydrogens (tertiary/aromatic N) is 1. The van der Waals surface area contributed by atoms with Crippen LogP contribution in [0, 0.1) is 12.8 Å². The van der Waals surface area contributed by atoms with Gasteiger partial charge in [-0.3, -0.25) is 9.69 Å². The molecule has 1 atom stereocenters. The number of phenols is 1. The van der Waals surface area contributed by atoms with Crippen molar-refractivity contribution in [2.75, 3.05) is 18.4 Å². The Bertz CT molecular complexity index is 1150. The van der Waals surface area contributed by atoms with Gasteiger partial charge in [-0.25, -0.2) is 0 Å². The van der Waals surface area contributed by atoms with Gasteiger partial charge >= 0.3 is 6.18 Å². The second kappa shape index (κ2) is 8.50. The summed E-state index contributed by atoms with van der Waals surface area (Å²) in [6, 6.07) is 7.63. The Labute approximate surface area is 183 Å². The molecule has 0 bridgehead atoms. The average molecular weight is 446 g/mol. The van der Waals surface area contributed by atoms with Crippen LogP contribution in [-0.4, -0.2) is 29.0 Å². The van der Waals surface area contributed by atoms with Gasteiger partial charge < -0.3 is 14.8 Å². The van der Waals surface area contributed by atoms with Gasteiger partial charge in [0, 0.05) is 29.7 Å².